The fourth-order valence-corrected chi connectivity index (χ4v) is 3.45. The summed E-state index contributed by atoms with van der Waals surface area (Å²) in [6.07, 6.45) is 0. The summed E-state index contributed by atoms with van der Waals surface area (Å²) >= 11 is -0.0449. The molecule has 0 atom stereocenters. The number of halogens is 2. The Morgan fingerprint density at radius 3 is 1.94 bits per heavy atom. The number of hydrogen-bond donors (Lipinski definition) is 0. The largest absolute Gasteiger partial charge is 0.497 e. The molecule has 16 heavy (non-hydrogen) atoms. The highest BCUT2D eigenvalue weighted by atomic mass is 127. The normalized spacial score (nSPS) is 9.31. The van der Waals surface area contributed by atoms with Crippen LogP contribution in [0, 0.1) is 7.14 Å². The molecule has 0 aliphatic heterocycles. The maximum Gasteiger partial charge on any atom is 0.357 e. The molecule has 0 bridgehead atoms. The highest BCUT2D eigenvalue weighted by Gasteiger charge is 2.13. The molecule has 0 fully saturated rings. The summed E-state index contributed by atoms with van der Waals surface area (Å²) in [5.41, 5.74) is 0. The molecular weight excluding hydrogens is 379 g/mol. The molecule has 0 aromatic heterocycles. The van der Waals surface area contributed by atoms with E-state index in [1.54, 1.807) is 7.11 Å². The van der Waals surface area contributed by atoms with Crippen molar-refractivity contribution in [2.45, 2.75) is 0 Å². The van der Waals surface area contributed by atoms with E-state index in [1.165, 1.54) is 7.14 Å². The second kappa shape index (κ2) is 6.91. The van der Waals surface area contributed by atoms with E-state index >= 15 is 0 Å². The molecule has 0 radical (unpaired) electrons. The number of rotatable bonds is 3. The summed E-state index contributed by atoms with van der Waals surface area (Å²) in [5.74, 6) is 0.927. The van der Waals surface area contributed by atoms with Crippen LogP contribution in [0.15, 0.2) is 54.6 Å². The van der Waals surface area contributed by atoms with Gasteiger partial charge in [-0.25, -0.2) is 0 Å². The first-order valence-electron chi connectivity index (χ1n) is 4.72. The lowest BCUT2D eigenvalue weighted by atomic mass is 10.3. The lowest BCUT2D eigenvalue weighted by molar-refractivity contribution is -0.597. The zero-order valence-corrected chi connectivity index (χ0v) is 12.8. The average Bonchev–Trinajstić information content (AvgIpc) is 2.31. The third-order valence-electron chi connectivity index (χ3n) is 2.00. The van der Waals surface area contributed by atoms with Crippen molar-refractivity contribution >= 4 is 17.0 Å². The first-order valence-corrected chi connectivity index (χ1v) is 6.88. The average molecular weight is 392 g/mol. The minimum atomic E-state index is -0.0449. The quantitative estimate of drug-likeness (QED) is 0.688. The van der Waals surface area contributed by atoms with Crippen LogP contribution in [-0.2, 0) is 0 Å². The van der Waals surface area contributed by atoms with Crippen molar-refractivity contribution in [1.82, 2.24) is 0 Å². The van der Waals surface area contributed by atoms with Crippen molar-refractivity contribution in [3.63, 3.8) is 0 Å². The van der Waals surface area contributed by atoms with Crippen LogP contribution in [0.25, 0.3) is 0 Å². The van der Waals surface area contributed by atoms with Crippen LogP contribution in [-0.4, -0.2) is 7.11 Å². The Kier molecular flexibility index (Phi) is 5.84. The van der Waals surface area contributed by atoms with Crippen molar-refractivity contribution in [1.29, 1.82) is 0 Å². The number of benzene rings is 2. The van der Waals surface area contributed by atoms with Gasteiger partial charge in [0.2, 0.25) is 0 Å². The number of hydrogen-bond acceptors (Lipinski definition) is 1. The monoisotopic (exact) mass is 391 g/mol. The molecule has 3 heteroatoms. The van der Waals surface area contributed by atoms with Crippen molar-refractivity contribution in [2.24, 2.45) is 0 Å². The summed E-state index contributed by atoms with van der Waals surface area (Å²) in [4.78, 5) is 0. The van der Waals surface area contributed by atoms with Crippen LogP contribution in [0.5, 0.6) is 5.75 Å². The maximum atomic E-state index is 5.13. The van der Waals surface area contributed by atoms with Gasteiger partial charge < -0.3 is 4.74 Å². The number of ether oxygens (including phenoxy) is 1. The molecule has 2 rings (SSSR count). The Morgan fingerprint density at radius 2 is 1.38 bits per heavy atom. The molecule has 0 aliphatic rings. The fourth-order valence-electron chi connectivity index (χ4n) is 1.24. The minimum absolute atomic E-state index is 0. The van der Waals surface area contributed by atoms with E-state index in [2.05, 4.69) is 42.5 Å². The van der Waals surface area contributed by atoms with Crippen LogP contribution < -0.4 is 25.9 Å². The topological polar surface area (TPSA) is 9.23 Å². The molecule has 0 unspecified atom stereocenters. The molecule has 0 N–H and O–H groups in total. The summed E-state index contributed by atoms with van der Waals surface area (Å²) in [5, 5.41) is 0. The minimum Gasteiger partial charge on any atom is -0.497 e. The zero-order valence-electron chi connectivity index (χ0n) is 8.89. The Balaban J connectivity index is 0.00000128. The third-order valence-corrected chi connectivity index (χ3v) is 4.68. The molecule has 0 saturated carbocycles. The van der Waals surface area contributed by atoms with E-state index in [0.717, 1.165) is 5.75 Å². The lowest BCUT2D eigenvalue weighted by Crippen LogP contribution is -3.61. The summed E-state index contributed by atoms with van der Waals surface area (Å²) < 4.78 is 7.99. The Bertz CT molecular complexity index is 414. The van der Waals surface area contributed by atoms with Gasteiger partial charge in [0.15, 0.2) is 7.14 Å². The van der Waals surface area contributed by atoms with Gasteiger partial charge in [-0.05, 0) is 36.4 Å². The second-order valence-corrected chi connectivity index (χ2v) is 6.08. The van der Waals surface area contributed by atoms with Crippen molar-refractivity contribution in [3.8, 4) is 5.75 Å². The Labute approximate surface area is 117 Å². The van der Waals surface area contributed by atoms with Crippen LogP contribution in [0.4, 0.5) is 0 Å². The van der Waals surface area contributed by atoms with Crippen LogP contribution >= 0.6 is 17.0 Å². The lowest BCUT2D eigenvalue weighted by Gasteiger charge is -1.95. The molecule has 0 heterocycles. The van der Waals surface area contributed by atoms with Gasteiger partial charge in [-0.2, -0.15) is 0 Å². The van der Waals surface area contributed by atoms with Crippen LogP contribution in [0.1, 0.15) is 0 Å². The molecule has 84 valence electrons. The molecule has 2 aromatic rings. The molecule has 0 aliphatic carbocycles. The summed E-state index contributed by atoms with van der Waals surface area (Å²) in [6, 6.07) is 19.0. The van der Waals surface area contributed by atoms with Gasteiger partial charge in [-0.3, -0.25) is 0 Å². The van der Waals surface area contributed by atoms with Crippen LogP contribution in [0.3, 0.4) is 0 Å². The van der Waals surface area contributed by atoms with E-state index in [1.807, 2.05) is 12.1 Å². The van der Waals surface area contributed by atoms with Gasteiger partial charge in [0.05, 0.1) is 7.11 Å². The van der Waals surface area contributed by atoms with Gasteiger partial charge in [0.25, 0.3) is 0 Å². The zero-order chi connectivity index (χ0) is 10.5. The van der Waals surface area contributed by atoms with E-state index in [0.29, 0.717) is 0 Å². The number of methoxy groups -OCH3 is 1. The molecule has 1 nitrogen and oxygen atoms in total. The second-order valence-electron chi connectivity index (χ2n) is 3.05. The predicted molar refractivity (Wildman–Crippen MR) is 67.2 cm³/mol. The smallest absolute Gasteiger partial charge is 0.357 e. The molecule has 0 spiro atoms. The van der Waals surface area contributed by atoms with Crippen molar-refractivity contribution < 1.29 is 25.9 Å². The summed E-state index contributed by atoms with van der Waals surface area (Å²) in [6.45, 7) is 0. The van der Waals surface area contributed by atoms with Crippen molar-refractivity contribution in [3.05, 3.63) is 61.7 Å². The van der Waals surface area contributed by atoms with Gasteiger partial charge >= 0.3 is 21.2 Å². The first-order chi connectivity index (χ1) is 7.38. The highest BCUT2D eigenvalue weighted by Crippen LogP contribution is 2.06. The highest BCUT2D eigenvalue weighted by molar-refractivity contribution is 8.93. The molecular formula is C13H13BrIO+. The van der Waals surface area contributed by atoms with Gasteiger partial charge in [0.1, 0.15) is 5.75 Å². The predicted octanol–water partition coefficient (Wildman–Crippen LogP) is 0.401. The van der Waals surface area contributed by atoms with E-state index < -0.39 is 0 Å². The Hall–Kier alpha value is -0.550. The SMILES string of the molecule is Br.COc1ccc([I+]c2ccccc2)cc1. The first kappa shape index (κ1) is 13.5. The van der Waals surface area contributed by atoms with Gasteiger partial charge in [-0.1, -0.05) is 18.2 Å². The fraction of sp³-hybridized carbons (Fsp3) is 0.0769. The van der Waals surface area contributed by atoms with E-state index in [9.17, 15) is 0 Å². The van der Waals surface area contributed by atoms with E-state index in [-0.39, 0.29) is 38.2 Å². The standard InChI is InChI=1S/C13H12IO.BrH/c1-15-13-9-7-12(8-10-13)14-11-5-3-2-4-6-11;/h2-10H,1H3;1H/q+1;. The molecule has 0 amide bonds. The molecule has 2 aromatic carbocycles. The van der Waals surface area contributed by atoms with Crippen molar-refractivity contribution in [2.75, 3.05) is 7.11 Å². The van der Waals surface area contributed by atoms with E-state index in [4.69, 9.17) is 4.74 Å². The van der Waals surface area contributed by atoms with Crippen LogP contribution in [0.2, 0.25) is 0 Å². The Morgan fingerprint density at radius 1 is 0.812 bits per heavy atom. The third kappa shape index (κ3) is 3.79. The van der Waals surface area contributed by atoms with Gasteiger partial charge in [0, 0.05) is 0 Å². The molecule has 0 saturated heterocycles. The summed E-state index contributed by atoms with van der Waals surface area (Å²) in [7, 11) is 1.70. The van der Waals surface area contributed by atoms with Gasteiger partial charge in [-0.15, -0.1) is 17.0 Å². The maximum absolute atomic E-state index is 5.13.